The van der Waals surface area contributed by atoms with Gasteiger partial charge in [-0.1, -0.05) is 0 Å². The number of rotatable bonds is 8. The predicted octanol–water partition coefficient (Wildman–Crippen LogP) is 1.44. The molecule has 0 saturated heterocycles. The van der Waals surface area contributed by atoms with Crippen LogP contribution in [0.3, 0.4) is 0 Å². The largest absolute Gasteiger partial charge is 0.378 e. The highest BCUT2D eigenvalue weighted by molar-refractivity contribution is 5.76. The SMILES string of the molecule is CCOC1CC(CC(=O)NCC2(CCN)CC2)C1. The summed E-state index contributed by atoms with van der Waals surface area (Å²) in [4.78, 5) is 11.8. The van der Waals surface area contributed by atoms with Crippen molar-refractivity contribution in [1.82, 2.24) is 5.32 Å². The first-order chi connectivity index (χ1) is 8.67. The van der Waals surface area contributed by atoms with Crippen LogP contribution in [0.2, 0.25) is 0 Å². The van der Waals surface area contributed by atoms with Gasteiger partial charge in [0.2, 0.25) is 5.91 Å². The molecule has 0 radical (unpaired) electrons. The minimum Gasteiger partial charge on any atom is -0.378 e. The van der Waals surface area contributed by atoms with Crippen LogP contribution in [0.5, 0.6) is 0 Å². The van der Waals surface area contributed by atoms with Crippen molar-refractivity contribution in [2.75, 3.05) is 19.7 Å². The van der Waals surface area contributed by atoms with Gasteiger partial charge in [-0.25, -0.2) is 0 Å². The van der Waals surface area contributed by atoms with E-state index in [0.717, 1.165) is 39.0 Å². The average molecular weight is 254 g/mol. The molecule has 4 heteroatoms. The summed E-state index contributed by atoms with van der Waals surface area (Å²) in [5, 5.41) is 3.08. The lowest BCUT2D eigenvalue weighted by molar-refractivity contribution is -0.124. The molecule has 0 aliphatic heterocycles. The normalized spacial score (nSPS) is 28.6. The Hall–Kier alpha value is -0.610. The molecule has 18 heavy (non-hydrogen) atoms. The first-order valence-electron chi connectivity index (χ1n) is 7.26. The molecule has 2 aliphatic rings. The number of carbonyl (C=O) groups is 1. The molecule has 0 heterocycles. The number of amides is 1. The van der Waals surface area contributed by atoms with E-state index in [1.54, 1.807) is 0 Å². The summed E-state index contributed by atoms with van der Waals surface area (Å²) in [6.45, 7) is 4.36. The van der Waals surface area contributed by atoms with Crippen LogP contribution in [0.15, 0.2) is 0 Å². The fourth-order valence-corrected chi connectivity index (χ4v) is 2.83. The number of hydrogen-bond acceptors (Lipinski definition) is 3. The van der Waals surface area contributed by atoms with E-state index in [-0.39, 0.29) is 5.91 Å². The molecule has 0 unspecified atom stereocenters. The van der Waals surface area contributed by atoms with Crippen LogP contribution in [0.25, 0.3) is 0 Å². The second kappa shape index (κ2) is 6.02. The molecule has 1 amide bonds. The van der Waals surface area contributed by atoms with Gasteiger partial charge in [-0.2, -0.15) is 0 Å². The van der Waals surface area contributed by atoms with E-state index in [0.29, 0.717) is 23.9 Å². The van der Waals surface area contributed by atoms with Crippen molar-refractivity contribution in [3.8, 4) is 0 Å². The van der Waals surface area contributed by atoms with Crippen molar-refractivity contribution in [3.05, 3.63) is 0 Å². The van der Waals surface area contributed by atoms with Crippen molar-refractivity contribution >= 4 is 5.91 Å². The first kappa shape index (κ1) is 13.8. The number of hydrogen-bond donors (Lipinski definition) is 2. The summed E-state index contributed by atoms with van der Waals surface area (Å²) in [5.41, 5.74) is 5.93. The number of nitrogens with one attached hydrogen (secondary N) is 1. The van der Waals surface area contributed by atoms with Gasteiger partial charge in [-0.05, 0) is 56.9 Å². The first-order valence-corrected chi connectivity index (χ1v) is 7.26. The fraction of sp³-hybridized carbons (Fsp3) is 0.929. The maximum Gasteiger partial charge on any atom is 0.220 e. The molecule has 3 N–H and O–H groups in total. The van der Waals surface area contributed by atoms with Crippen LogP contribution < -0.4 is 11.1 Å². The van der Waals surface area contributed by atoms with Crippen LogP contribution in [0.1, 0.15) is 45.4 Å². The molecule has 2 aliphatic carbocycles. The predicted molar refractivity (Wildman–Crippen MR) is 71.1 cm³/mol. The summed E-state index contributed by atoms with van der Waals surface area (Å²) in [5.74, 6) is 0.740. The maximum atomic E-state index is 11.8. The van der Waals surface area contributed by atoms with Gasteiger partial charge < -0.3 is 15.8 Å². The van der Waals surface area contributed by atoms with E-state index >= 15 is 0 Å². The quantitative estimate of drug-likeness (QED) is 0.689. The third-order valence-corrected chi connectivity index (χ3v) is 4.36. The molecular formula is C14H26N2O2. The average Bonchev–Trinajstić information content (AvgIpc) is 3.05. The summed E-state index contributed by atoms with van der Waals surface area (Å²) < 4.78 is 5.50. The van der Waals surface area contributed by atoms with Gasteiger partial charge in [0, 0.05) is 19.6 Å². The highest BCUT2D eigenvalue weighted by Crippen LogP contribution is 2.47. The molecule has 0 aromatic heterocycles. The van der Waals surface area contributed by atoms with E-state index in [4.69, 9.17) is 10.5 Å². The smallest absolute Gasteiger partial charge is 0.220 e. The molecule has 0 spiro atoms. The summed E-state index contributed by atoms with van der Waals surface area (Å²) >= 11 is 0. The Morgan fingerprint density at radius 3 is 2.72 bits per heavy atom. The van der Waals surface area contributed by atoms with Gasteiger partial charge in [-0.15, -0.1) is 0 Å². The molecule has 4 nitrogen and oxygen atoms in total. The molecular weight excluding hydrogens is 228 g/mol. The number of carbonyl (C=O) groups excluding carboxylic acids is 1. The molecule has 0 aromatic carbocycles. The lowest BCUT2D eigenvalue weighted by atomic mass is 9.80. The van der Waals surface area contributed by atoms with E-state index in [2.05, 4.69) is 5.32 Å². The third kappa shape index (κ3) is 3.69. The van der Waals surface area contributed by atoms with E-state index < -0.39 is 0 Å². The molecule has 2 fully saturated rings. The molecule has 0 bridgehead atoms. The van der Waals surface area contributed by atoms with Crippen molar-refractivity contribution in [1.29, 1.82) is 0 Å². The Kier molecular flexibility index (Phi) is 4.62. The zero-order valence-electron chi connectivity index (χ0n) is 11.4. The van der Waals surface area contributed by atoms with Crippen molar-refractivity contribution < 1.29 is 9.53 Å². The van der Waals surface area contributed by atoms with E-state index in [9.17, 15) is 4.79 Å². The van der Waals surface area contributed by atoms with Crippen LogP contribution in [0.4, 0.5) is 0 Å². The zero-order chi connectivity index (χ0) is 13.0. The number of ether oxygens (including phenoxy) is 1. The Balaban J connectivity index is 1.56. The van der Waals surface area contributed by atoms with Gasteiger partial charge in [-0.3, -0.25) is 4.79 Å². The minimum absolute atomic E-state index is 0.207. The molecule has 0 atom stereocenters. The van der Waals surface area contributed by atoms with Gasteiger partial charge in [0.05, 0.1) is 6.10 Å². The van der Waals surface area contributed by atoms with Crippen molar-refractivity contribution in [2.24, 2.45) is 17.1 Å². The number of nitrogens with two attached hydrogens (primary N) is 1. The molecule has 0 aromatic rings. The second-order valence-corrected chi connectivity index (χ2v) is 5.93. The van der Waals surface area contributed by atoms with Crippen LogP contribution in [-0.2, 0) is 9.53 Å². The van der Waals surface area contributed by atoms with Gasteiger partial charge in [0.15, 0.2) is 0 Å². The van der Waals surface area contributed by atoms with Crippen LogP contribution >= 0.6 is 0 Å². The maximum absolute atomic E-state index is 11.8. The molecule has 2 rings (SSSR count). The Labute approximate surface area is 110 Å². The molecule has 104 valence electrons. The standard InChI is InChI=1S/C14H26N2O2/c1-2-18-12-7-11(8-12)9-13(17)16-10-14(3-4-14)5-6-15/h11-12H,2-10,15H2,1H3,(H,16,17). The second-order valence-electron chi connectivity index (χ2n) is 5.93. The van der Waals surface area contributed by atoms with Crippen LogP contribution in [0, 0.1) is 11.3 Å². The minimum atomic E-state index is 0.207. The lowest BCUT2D eigenvalue weighted by Gasteiger charge is -2.34. The summed E-state index contributed by atoms with van der Waals surface area (Å²) in [6, 6.07) is 0. The summed E-state index contributed by atoms with van der Waals surface area (Å²) in [7, 11) is 0. The van der Waals surface area contributed by atoms with Crippen LogP contribution in [-0.4, -0.2) is 31.7 Å². The monoisotopic (exact) mass is 254 g/mol. The van der Waals surface area contributed by atoms with E-state index in [1.807, 2.05) is 6.92 Å². The van der Waals surface area contributed by atoms with E-state index in [1.165, 1.54) is 12.8 Å². The van der Waals surface area contributed by atoms with Crippen molar-refractivity contribution in [3.63, 3.8) is 0 Å². The zero-order valence-corrected chi connectivity index (χ0v) is 11.4. The Morgan fingerprint density at radius 2 is 2.17 bits per heavy atom. The lowest BCUT2D eigenvalue weighted by Crippen LogP contribution is -2.37. The fourth-order valence-electron chi connectivity index (χ4n) is 2.83. The Bertz CT molecular complexity index is 284. The van der Waals surface area contributed by atoms with Gasteiger partial charge >= 0.3 is 0 Å². The topological polar surface area (TPSA) is 64.3 Å². The van der Waals surface area contributed by atoms with Crippen molar-refractivity contribution in [2.45, 2.75) is 51.6 Å². The van der Waals surface area contributed by atoms with Gasteiger partial charge in [0.1, 0.15) is 0 Å². The van der Waals surface area contributed by atoms with Gasteiger partial charge in [0.25, 0.3) is 0 Å². The third-order valence-electron chi connectivity index (χ3n) is 4.36. The molecule has 2 saturated carbocycles. The Morgan fingerprint density at radius 1 is 1.44 bits per heavy atom. The highest BCUT2D eigenvalue weighted by atomic mass is 16.5. The highest BCUT2D eigenvalue weighted by Gasteiger charge is 2.41. The summed E-state index contributed by atoms with van der Waals surface area (Å²) in [6.07, 6.45) is 6.66.